The van der Waals surface area contributed by atoms with Gasteiger partial charge in [0.15, 0.2) is 0 Å². The van der Waals surface area contributed by atoms with Gasteiger partial charge < -0.3 is 14.6 Å². The minimum Gasteiger partial charge on any atom is -0.366 e. The number of H-pyrrole nitrogens is 1. The Bertz CT molecular complexity index is 584. The fraction of sp³-hybridized carbons (Fsp3) is 0.600. The molecular formula is C15H21N3O3. The molecule has 2 aliphatic heterocycles. The van der Waals surface area contributed by atoms with Crippen LogP contribution in [0.4, 0.5) is 0 Å². The van der Waals surface area contributed by atoms with Gasteiger partial charge in [-0.1, -0.05) is 6.92 Å². The molecule has 0 spiro atoms. The summed E-state index contributed by atoms with van der Waals surface area (Å²) in [6.45, 7) is 6.17. The van der Waals surface area contributed by atoms with Crippen LogP contribution in [0.25, 0.3) is 0 Å². The van der Waals surface area contributed by atoms with E-state index >= 15 is 0 Å². The molecule has 0 bridgehead atoms. The lowest BCUT2D eigenvalue weighted by Gasteiger charge is -2.36. The molecule has 1 unspecified atom stereocenters. The highest BCUT2D eigenvalue weighted by Gasteiger charge is 2.31. The zero-order chi connectivity index (χ0) is 14.8. The summed E-state index contributed by atoms with van der Waals surface area (Å²) in [5.74, 6) is 0.00190. The number of fused-ring (bicyclic) bond motifs is 1. The standard InChI is InChI=1S/C15H21N3O3/c1-2-17-7-8-21-13(10-17)15(20)18-6-4-11-3-5-16-14(19)12(11)9-18/h3,5,13H,2,4,6-10H2,1H3,(H,16,19). The van der Waals surface area contributed by atoms with Crippen molar-refractivity contribution in [3.63, 3.8) is 0 Å². The van der Waals surface area contributed by atoms with Crippen molar-refractivity contribution in [1.82, 2.24) is 14.8 Å². The first-order valence-electron chi connectivity index (χ1n) is 7.51. The van der Waals surface area contributed by atoms with E-state index in [4.69, 9.17) is 4.74 Å². The van der Waals surface area contributed by atoms with Crippen molar-refractivity contribution in [3.8, 4) is 0 Å². The molecule has 21 heavy (non-hydrogen) atoms. The van der Waals surface area contributed by atoms with Crippen molar-refractivity contribution in [2.45, 2.75) is 26.0 Å². The number of pyridine rings is 1. The molecule has 1 N–H and O–H groups in total. The van der Waals surface area contributed by atoms with E-state index in [1.807, 2.05) is 6.07 Å². The smallest absolute Gasteiger partial charge is 0.253 e. The molecule has 3 rings (SSSR count). The molecule has 1 atom stereocenters. The largest absolute Gasteiger partial charge is 0.366 e. The van der Waals surface area contributed by atoms with Crippen LogP contribution in [-0.4, -0.2) is 59.6 Å². The number of nitrogens with one attached hydrogen (secondary N) is 1. The van der Waals surface area contributed by atoms with Gasteiger partial charge >= 0.3 is 0 Å². The zero-order valence-electron chi connectivity index (χ0n) is 12.3. The van der Waals surface area contributed by atoms with Gasteiger partial charge in [-0.2, -0.15) is 0 Å². The minimum absolute atomic E-state index is 0.00190. The number of hydrogen-bond donors (Lipinski definition) is 1. The molecule has 1 aromatic rings. The fourth-order valence-corrected chi connectivity index (χ4v) is 3.02. The van der Waals surface area contributed by atoms with Gasteiger partial charge in [0.05, 0.1) is 13.2 Å². The third-order valence-electron chi connectivity index (χ3n) is 4.35. The zero-order valence-corrected chi connectivity index (χ0v) is 12.3. The van der Waals surface area contributed by atoms with Crippen molar-refractivity contribution in [1.29, 1.82) is 0 Å². The summed E-state index contributed by atoms with van der Waals surface area (Å²) in [4.78, 5) is 31.1. The van der Waals surface area contributed by atoms with E-state index < -0.39 is 6.10 Å². The Labute approximate surface area is 123 Å². The van der Waals surface area contributed by atoms with E-state index in [2.05, 4.69) is 16.8 Å². The lowest BCUT2D eigenvalue weighted by Crippen LogP contribution is -2.52. The van der Waals surface area contributed by atoms with Gasteiger partial charge in [-0.05, 0) is 24.6 Å². The SMILES string of the molecule is CCN1CCOC(C(=O)N2CCc3cc[nH]c(=O)c3C2)C1. The Morgan fingerprint density at radius 2 is 2.33 bits per heavy atom. The fourth-order valence-electron chi connectivity index (χ4n) is 3.02. The second kappa shape index (κ2) is 5.99. The van der Waals surface area contributed by atoms with Crippen LogP contribution in [0.3, 0.4) is 0 Å². The van der Waals surface area contributed by atoms with Gasteiger partial charge in [0, 0.05) is 31.4 Å². The first-order chi connectivity index (χ1) is 10.2. The van der Waals surface area contributed by atoms with E-state index in [9.17, 15) is 9.59 Å². The third kappa shape index (κ3) is 2.87. The number of aromatic nitrogens is 1. The second-order valence-electron chi connectivity index (χ2n) is 5.57. The Morgan fingerprint density at radius 3 is 3.14 bits per heavy atom. The van der Waals surface area contributed by atoms with Gasteiger partial charge in [-0.15, -0.1) is 0 Å². The van der Waals surface area contributed by atoms with Crippen LogP contribution in [0.2, 0.25) is 0 Å². The number of carbonyl (C=O) groups excluding carboxylic acids is 1. The van der Waals surface area contributed by atoms with Gasteiger partial charge in [-0.3, -0.25) is 14.5 Å². The van der Waals surface area contributed by atoms with Crippen molar-refractivity contribution >= 4 is 5.91 Å². The van der Waals surface area contributed by atoms with Crippen LogP contribution in [0.15, 0.2) is 17.1 Å². The topological polar surface area (TPSA) is 65.6 Å². The lowest BCUT2D eigenvalue weighted by atomic mass is 10.0. The molecule has 0 aromatic carbocycles. The van der Waals surface area contributed by atoms with Crippen LogP contribution in [0, 0.1) is 0 Å². The molecule has 3 heterocycles. The number of ether oxygens (including phenoxy) is 1. The molecule has 1 saturated heterocycles. The number of likely N-dealkylation sites (N-methyl/N-ethyl adjacent to an activating group) is 1. The molecule has 0 radical (unpaired) electrons. The van der Waals surface area contributed by atoms with Gasteiger partial charge in [0.25, 0.3) is 11.5 Å². The highest BCUT2D eigenvalue weighted by Crippen LogP contribution is 2.17. The summed E-state index contributed by atoms with van der Waals surface area (Å²) in [5, 5.41) is 0. The number of nitrogens with zero attached hydrogens (tertiary/aromatic N) is 2. The number of carbonyl (C=O) groups is 1. The van der Waals surface area contributed by atoms with Gasteiger partial charge in [0.1, 0.15) is 6.10 Å². The van der Waals surface area contributed by atoms with Crippen LogP contribution >= 0.6 is 0 Å². The van der Waals surface area contributed by atoms with E-state index in [1.54, 1.807) is 11.1 Å². The highest BCUT2D eigenvalue weighted by atomic mass is 16.5. The molecule has 6 nitrogen and oxygen atoms in total. The van der Waals surface area contributed by atoms with Crippen LogP contribution in [0.1, 0.15) is 18.1 Å². The first kappa shape index (κ1) is 14.3. The Balaban J connectivity index is 1.72. The number of morpholine rings is 1. The minimum atomic E-state index is -0.400. The monoisotopic (exact) mass is 291 g/mol. The molecule has 2 aliphatic rings. The summed E-state index contributed by atoms with van der Waals surface area (Å²) >= 11 is 0. The number of amides is 1. The Morgan fingerprint density at radius 1 is 1.48 bits per heavy atom. The molecule has 114 valence electrons. The van der Waals surface area contributed by atoms with E-state index in [0.717, 1.165) is 25.1 Å². The average molecular weight is 291 g/mol. The first-order valence-corrected chi connectivity index (χ1v) is 7.51. The van der Waals surface area contributed by atoms with Crippen LogP contribution in [0.5, 0.6) is 0 Å². The maximum atomic E-state index is 12.6. The maximum absolute atomic E-state index is 12.6. The van der Waals surface area contributed by atoms with Crippen molar-refractivity contribution in [3.05, 3.63) is 33.7 Å². The number of rotatable bonds is 2. The van der Waals surface area contributed by atoms with E-state index in [1.165, 1.54) is 0 Å². The van der Waals surface area contributed by atoms with E-state index in [-0.39, 0.29) is 11.5 Å². The quantitative estimate of drug-likeness (QED) is 0.832. The average Bonchev–Trinajstić information content (AvgIpc) is 2.54. The van der Waals surface area contributed by atoms with Gasteiger partial charge in [-0.25, -0.2) is 0 Å². The second-order valence-corrected chi connectivity index (χ2v) is 5.57. The highest BCUT2D eigenvalue weighted by molar-refractivity contribution is 5.81. The van der Waals surface area contributed by atoms with Crippen molar-refractivity contribution in [2.24, 2.45) is 0 Å². The number of hydrogen-bond acceptors (Lipinski definition) is 4. The lowest BCUT2D eigenvalue weighted by molar-refractivity contribution is -0.150. The molecular weight excluding hydrogens is 270 g/mol. The summed E-state index contributed by atoms with van der Waals surface area (Å²) in [5.41, 5.74) is 1.66. The van der Waals surface area contributed by atoms with Crippen LogP contribution < -0.4 is 5.56 Å². The Kier molecular flexibility index (Phi) is 4.07. The predicted octanol–water partition coefficient (Wildman–Crippen LogP) is -0.0197. The normalized spacial score (nSPS) is 22.9. The third-order valence-corrected chi connectivity index (χ3v) is 4.35. The molecule has 1 amide bonds. The van der Waals surface area contributed by atoms with Crippen LogP contribution in [-0.2, 0) is 22.5 Å². The van der Waals surface area contributed by atoms with E-state index in [0.29, 0.717) is 31.8 Å². The molecule has 1 fully saturated rings. The summed E-state index contributed by atoms with van der Waals surface area (Å²) < 4.78 is 5.62. The summed E-state index contributed by atoms with van der Waals surface area (Å²) in [6.07, 6.45) is 2.00. The van der Waals surface area contributed by atoms with Crippen molar-refractivity contribution in [2.75, 3.05) is 32.8 Å². The predicted molar refractivity (Wildman–Crippen MR) is 78.0 cm³/mol. The maximum Gasteiger partial charge on any atom is 0.253 e. The molecule has 6 heteroatoms. The summed E-state index contributed by atoms with van der Waals surface area (Å²) in [6, 6.07) is 1.93. The Hall–Kier alpha value is -1.66. The van der Waals surface area contributed by atoms with Gasteiger partial charge in [0.2, 0.25) is 0 Å². The molecule has 1 aromatic heterocycles. The van der Waals surface area contributed by atoms with Crippen molar-refractivity contribution < 1.29 is 9.53 Å². The summed E-state index contributed by atoms with van der Waals surface area (Å²) in [7, 11) is 0. The molecule has 0 aliphatic carbocycles. The number of aromatic amines is 1. The molecule has 0 saturated carbocycles.